The van der Waals surface area contributed by atoms with Crippen LogP contribution in [0.15, 0.2) is 72.8 Å². The fourth-order valence-corrected chi connectivity index (χ4v) is 4.14. The summed E-state index contributed by atoms with van der Waals surface area (Å²) < 4.78 is 0. The van der Waals surface area contributed by atoms with Crippen molar-refractivity contribution in [2.24, 2.45) is 0 Å². The van der Waals surface area contributed by atoms with Crippen molar-refractivity contribution in [1.29, 1.82) is 0 Å². The van der Waals surface area contributed by atoms with Crippen molar-refractivity contribution in [1.82, 2.24) is 9.97 Å². The predicted molar refractivity (Wildman–Crippen MR) is 122 cm³/mol. The smallest absolute Gasteiger partial charge is 0.159 e. The van der Waals surface area contributed by atoms with Crippen molar-refractivity contribution < 1.29 is 0 Å². The third-order valence-electron chi connectivity index (χ3n) is 5.30. The lowest BCUT2D eigenvalue weighted by molar-refractivity contribution is 1.01. The zero-order chi connectivity index (χ0) is 20.4. The van der Waals surface area contributed by atoms with Crippen LogP contribution in [0.1, 0.15) is 28.1 Å². The van der Waals surface area contributed by atoms with E-state index in [4.69, 9.17) is 4.98 Å². The molecule has 0 saturated heterocycles. The summed E-state index contributed by atoms with van der Waals surface area (Å²) in [4.78, 5) is 10.8. The van der Waals surface area contributed by atoms with Gasteiger partial charge in [0.1, 0.15) is 5.82 Å². The lowest BCUT2D eigenvalue weighted by Crippen LogP contribution is -2.14. The number of aromatic amines is 1. The summed E-state index contributed by atoms with van der Waals surface area (Å²) in [5.41, 5.74) is 8.46. The zero-order valence-electron chi connectivity index (χ0n) is 17.5. The molecule has 3 heteroatoms. The Morgan fingerprint density at radius 2 is 1.41 bits per heavy atom. The van der Waals surface area contributed by atoms with E-state index < -0.39 is 0 Å². The number of benzene rings is 3. The summed E-state index contributed by atoms with van der Waals surface area (Å²) in [5, 5.41) is 0. The van der Waals surface area contributed by atoms with Gasteiger partial charge in [-0.3, -0.25) is 0 Å². The lowest BCUT2D eigenvalue weighted by Gasteiger charge is -2.23. The summed E-state index contributed by atoms with van der Waals surface area (Å²) in [6, 6.07) is 25.4. The molecule has 1 N–H and O–H groups in total. The Labute approximate surface area is 173 Å². The highest BCUT2D eigenvalue weighted by atomic mass is 15.2. The molecule has 146 valence electrons. The monoisotopic (exact) mass is 381 g/mol. The Bertz CT molecular complexity index is 1090. The molecule has 0 amide bonds. The van der Waals surface area contributed by atoms with E-state index in [-0.39, 0.29) is 0 Å². The first kappa shape index (κ1) is 19.0. The molecule has 0 bridgehead atoms. The van der Waals surface area contributed by atoms with Gasteiger partial charge in [0.15, 0.2) is 5.82 Å². The number of aryl methyl sites for hydroxylation is 3. The van der Waals surface area contributed by atoms with E-state index in [1.807, 2.05) is 12.1 Å². The average molecular weight is 382 g/mol. The van der Waals surface area contributed by atoms with E-state index in [1.165, 1.54) is 27.9 Å². The summed E-state index contributed by atoms with van der Waals surface area (Å²) >= 11 is 0. The van der Waals surface area contributed by atoms with E-state index in [0.29, 0.717) is 0 Å². The first-order valence-corrected chi connectivity index (χ1v) is 10.0. The van der Waals surface area contributed by atoms with Crippen LogP contribution >= 0.6 is 0 Å². The first-order valence-electron chi connectivity index (χ1n) is 10.0. The van der Waals surface area contributed by atoms with Crippen LogP contribution in [0.4, 0.5) is 11.5 Å². The second-order valence-electron chi connectivity index (χ2n) is 7.72. The fourth-order valence-electron chi connectivity index (χ4n) is 4.14. The van der Waals surface area contributed by atoms with E-state index >= 15 is 0 Å². The number of hydrogen-bond donors (Lipinski definition) is 1. The summed E-state index contributed by atoms with van der Waals surface area (Å²) in [6.45, 7) is 6.49. The molecule has 0 aliphatic heterocycles. The Morgan fingerprint density at radius 1 is 0.828 bits per heavy atom. The topological polar surface area (TPSA) is 31.9 Å². The van der Waals surface area contributed by atoms with Gasteiger partial charge in [-0.1, -0.05) is 78.4 Å². The predicted octanol–water partition coefficient (Wildman–Crippen LogP) is 6.36. The third kappa shape index (κ3) is 3.95. The maximum atomic E-state index is 5.03. The molecule has 1 aromatic heterocycles. The number of hydrogen-bond acceptors (Lipinski definition) is 2. The molecule has 29 heavy (non-hydrogen) atoms. The molecule has 0 radical (unpaired) electrons. The van der Waals surface area contributed by atoms with Crippen molar-refractivity contribution in [3.63, 3.8) is 0 Å². The Hall–Kier alpha value is -3.33. The zero-order valence-corrected chi connectivity index (χ0v) is 17.5. The van der Waals surface area contributed by atoms with Crippen molar-refractivity contribution in [2.45, 2.75) is 27.2 Å². The summed E-state index contributed by atoms with van der Waals surface area (Å²) in [6.07, 6.45) is 0.778. The lowest BCUT2D eigenvalue weighted by atomic mass is 10.0. The molecular weight excluding hydrogens is 354 g/mol. The normalized spacial score (nSPS) is 10.9. The third-order valence-corrected chi connectivity index (χ3v) is 5.30. The maximum Gasteiger partial charge on any atom is 0.159 e. The molecule has 0 saturated carbocycles. The number of anilines is 2. The molecule has 4 rings (SSSR count). The number of rotatable bonds is 5. The SMILES string of the molecule is Cc1cc(C)c(N(C)c2nc(Cc3ccccc3)[nH]c2-c2ccccc2)c(C)c1. The van der Waals surface area contributed by atoms with Gasteiger partial charge in [0.25, 0.3) is 0 Å². The quantitative estimate of drug-likeness (QED) is 0.436. The molecule has 3 nitrogen and oxygen atoms in total. The van der Waals surface area contributed by atoms with Crippen molar-refractivity contribution in [3.05, 3.63) is 101 Å². The number of nitrogens with zero attached hydrogens (tertiary/aromatic N) is 2. The molecular formula is C26H27N3. The molecule has 1 heterocycles. The van der Waals surface area contributed by atoms with Gasteiger partial charge in [0, 0.05) is 24.7 Å². The minimum absolute atomic E-state index is 0.778. The van der Waals surface area contributed by atoms with E-state index in [1.54, 1.807) is 0 Å². The highest BCUT2D eigenvalue weighted by Gasteiger charge is 2.20. The highest BCUT2D eigenvalue weighted by molar-refractivity contribution is 5.79. The van der Waals surface area contributed by atoms with Crippen LogP contribution in [0.25, 0.3) is 11.3 Å². The summed E-state index contributed by atoms with van der Waals surface area (Å²) in [5.74, 6) is 1.93. The van der Waals surface area contributed by atoms with Gasteiger partial charge < -0.3 is 9.88 Å². The van der Waals surface area contributed by atoms with Crippen LogP contribution in [0.3, 0.4) is 0 Å². The molecule has 3 aromatic carbocycles. The molecule has 4 aromatic rings. The Morgan fingerprint density at radius 3 is 2.03 bits per heavy atom. The van der Waals surface area contributed by atoms with Crippen LogP contribution in [0.5, 0.6) is 0 Å². The molecule has 0 aliphatic rings. The van der Waals surface area contributed by atoms with Crippen LogP contribution in [-0.4, -0.2) is 17.0 Å². The van der Waals surface area contributed by atoms with Gasteiger partial charge >= 0.3 is 0 Å². The second-order valence-corrected chi connectivity index (χ2v) is 7.72. The van der Waals surface area contributed by atoms with Gasteiger partial charge in [0.2, 0.25) is 0 Å². The van der Waals surface area contributed by atoms with Crippen molar-refractivity contribution >= 4 is 11.5 Å². The van der Waals surface area contributed by atoms with Crippen LogP contribution < -0.4 is 4.90 Å². The number of nitrogens with one attached hydrogen (secondary N) is 1. The minimum Gasteiger partial charge on any atom is -0.340 e. The highest BCUT2D eigenvalue weighted by Crippen LogP contribution is 2.36. The Kier molecular flexibility index (Phi) is 5.22. The molecule has 0 aliphatic carbocycles. The van der Waals surface area contributed by atoms with E-state index in [9.17, 15) is 0 Å². The van der Waals surface area contributed by atoms with Gasteiger partial charge in [-0.25, -0.2) is 4.98 Å². The standard InChI is InChI=1S/C26H27N3/c1-18-15-19(2)25(20(3)16-18)29(4)26-24(22-13-9-6-10-14-22)27-23(28-26)17-21-11-7-5-8-12-21/h5-16H,17H2,1-4H3,(H,27,28). The maximum absolute atomic E-state index is 5.03. The molecule has 0 atom stereocenters. The van der Waals surface area contributed by atoms with Gasteiger partial charge in [-0.05, 0) is 37.5 Å². The van der Waals surface area contributed by atoms with Gasteiger partial charge in [-0.15, -0.1) is 0 Å². The number of H-pyrrole nitrogens is 1. The van der Waals surface area contributed by atoms with Crippen LogP contribution in [0, 0.1) is 20.8 Å². The number of imidazole rings is 1. The van der Waals surface area contributed by atoms with Crippen LogP contribution in [-0.2, 0) is 6.42 Å². The summed E-state index contributed by atoms with van der Waals surface area (Å²) in [7, 11) is 2.11. The average Bonchev–Trinajstić information content (AvgIpc) is 3.12. The number of aromatic nitrogens is 2. The fraction of sp³-hybridized carbons (Fsp3) is 0.192. The first-order chi connectivity index (χ1) is 14.0. The molecule has 0 fully saturated rings. The van der Waals surface area contributed by atoms with Crippen molar-refractivity contribution in [2.75, 3.05) is 11.9 Å². The van der Waals surface area contributed by atoms with Gasteiger partial charge in [0.05, 0.1) is 5.69 Å². The van der Waals surface area contributed by atoms with Crippen molar-refractivity contribution in [3.8, 4) is 11.3 Å². The van der Waals surface area contributed by atoms with E-state index in [0.717, 1.165) is 29.3 Å². The molecule has 0 unspecified atom stereocenters. The Balaban J connectivity index is 1.81. The van der Waals surface area contributed by atoms with E-state index in [2.05, 4.69) is 98.4 Å². The largest absolute Gasteiger partial charge is 0.340 e. The van der Waals surface area contributed by atoms with Crippen LogP contribution in [0.2, 0.25) is 0 Å². The molecule has 0 spiro atoms. The second kappa shape index (κ2) is 7.96. The minimum atomic E-state index is 0.778. The van der Waals surface area contributed by atoms with Gasteiger partial charge in [-0.2, -0.15) is 0 Å².